The molecule has 4 fully saturated rings. The van der Waals surface area contributed by atoms with E-state index in [1.807, 2.05) is 0 Å². The van der Waals surface area contributed by atoms with Gasteiger partial charge in [-0.2, -0.15) is 0 Å². The summed E-state index contributed by atoms with van der Waals surface area (Å²) in [5.74, 6) is -1.59. The van der Waals surface area contributed by atoms with Crippen LogP contribution in [-0.2, 0) is 51.3 Å². The van der Waals surface area contributed by atoms with Gasteiger partial charge in [0.25, 0.3) is 17.7 Å². The summed E-state index contributed by atoms with van der Waals surface area (Å²) in [6, 6.07) is 10.9. The Morgan fingerprint density at radius 3 is 1.39 bits per heavy atom. The van der Waals surface area contributed by atoms with Crippen molar-refractivity contribution in [3.63, 3.8) is 0 Å². The lowest BCUT2D eigenvalue weighted by Gasteiger charge is -2.38. The molecule has 6 aliphatic heterocycles. The first-order chi connectivity index (χ1) is 48.7. The van der Waals surface area contributed by atoms with Gasteiger partial charge in [0, 0.05) is 31.8 Å². The first-order valence-electron chi connectivity index (χ1n) is 31.8. The third-order valence-corrected chi connectivity index (χ3v) is 17.6. The number of carbonyl (C=O) groups is 8. The van der Waals surface area contributed by atoms with Crippen LogP contribution >= 0.6 is 0 Å². The Labute approximate surface area is 579 Å². The van der Waals surface area contributed by atoms with Crippen molar-refractivity contribution in [2.24, 2.45) is 5.90 Å². The van der Waals surface area contributed by atoms with Crippen LogP contribution in [0.25, 0.3) is 0 Å². The lowest BCUT2D eigenvalue weighted by atomic mass is 9.99. The van der Waals surface area contributed by atoms with Crippen molar-refractivity contribution in [1.82, 2.24) is 15.1 Å². The number of nitrogens with one attached hydrogen (secondary N) is 1. The van der Waals surface area contributed by atoms with Gasteiger partial charge >= 0.3 is 30.1 Å². The van der Waals surface area contributed by atoms with Crippen LogP contribution in [0.2, 0.25) is 0 Å². The van der Waals surface area contributed by atoms with Crippen LogP contribution in [-0.4, -0.2) is 255 Å². The van der Waals surface area contributed by atoms with Gasteiger partial charge in [0.15, 0.2) is 47.7 Å². The van der Waals surface area contributed by atoms with E-state index in [0.29, 0.717) is 30.4 Å². The number of hydrogen-bond donors (Lipinski definition) is 12. The van der Waals surface area contributed by atoms with Gasteiger partial charge in [-0.05, 0) is 79.6 Å². The lowest BCUT2D eigenvalue weighted by Crippen LogP contribution is -2.61. The standard InChI is InChI=1S/C66H76N6O30/c1-29-17-39-58(82)71(65(89)96-27-31-9-11-41(35(19-31)55(79)68-13-16-98-67)99-63-51(77)47(73)49(75)53(101-63)60(84)85)37-23-45(43(91-3)21-33(37)56(80)69(39)25-29)94-14-7-6-8-15-95-46-24-38-34(22-44(46)92-4)57(81)70-26-30(2)18-40(70)59(83)72(38)66(90)97-28-32-10-12-42(36(20-32)62(88)93-5)100-64-52(78)48(74)50(76)54(102-64)61(86)87/h9-12,19-24,39-40,47-54,58-59,63-64,73-78,82-83H,1-2,6-8,13-18,25-28,67H2,3-5H3,(H,68,79)(H,84,85)(H,86,87)/t39-,40-,47-,48-,49-,50-,51+,52+,53-,54-,58?,59?,63+,64+/m0/s1. The summed E-state index contributed by atoms with van der Waals surface area (Å²) in [7, 11) is 3.71. The molecule has 14 atom stereocenters. The molecule has 0 aromatic heterocycles. The second-order valence-corrected chi connectivity index (χ2v) is 24.4. The number of aliphatic hydroxyl groups excluding tert-OH is 8. The maximum atomic E-state index is 14.5. The van der Waals surface area contributed by atoms with Crippen molar-refractivity contribution in [2.45, 2.75) is 131 Å². The summed E-state index contributed by atoms with van der Waals surface area (Å²) >= 11 is 0. The average molecular weight is 1430 g/mol. The number of benzene rings is 4. The Morgan fingerprint density at radius 1 is 0.549 bits per heavy atom. The summed E-state index contributed by atoms with van der Waals surface area (Å²) in [6.07, 6.45) is -24.4. The summed E-state index contributed by atoms with van der Waals surface area (Å²) in [4.78, 5) is 117. The summed E-state index contributed by atoms with van der Waals surface area (Å²) in [5.41, 5.74) is 0.457. The Morgan fingerprint density at radius 2 is 0.980 bits per heavy atom. The molecule has 6 aliphatic rings. The van der Waals surface area contributed by atoms with Crippen LogP contribution in [0, 0.1) is 0 Å². The molecule has 13 N–H and O–H groups in total. The number of carboxylic acid groups (broad SMARTS) is 2. The largest absolute Gasteiger partial charge is 0.493 e. The van der Waals surface area contributed by atoms with Gasteiger partial charge < -0.3 is 123 Å². The zero-order valence-electron chi connectivity index (χ0n) is 55.0. The Kier molecular flexibility index (Phi) is 23.4. The smallest absolute Gasteiger partial charge is 0.416 e. The fraction of sp³-hybridized carbons (Fsp3) is 0.455. The molecule has 4 aromatic rings. The van der Waals surface area contributed by atoms with Gasteiger partial charge in [-0.3, -0.25) is 14.4 Å². The number of unbranched alkanes of at least 4 members (excludes halogenated alkanes) is 2. The van der Waals surface area contributed by atoms with Crippen LogP contribution in [0.3, 0.4) is 0 Å². The summed E-state index contributed by atoms with van der Waals surface area (Å²) < 4.78 is 62.0. The number of nitrogens with zero attached hydrogens (tertiary/aromatic N) is 4. The minimum Gasteiger partial charge on any atom is -0.493 e. The number of hydrogen-bond acceptors (Lipinski definition) is 29. The van der Waals surface area contributed by atoms with E-state index in [-0.39, 0.29) is 132 Å². The van der Waals surface area contributed by atoms with Gasteiger partial charge in [-0.25, -0.2) is 39.7 Å². The minimum atomic E-state index is -2.04. The number of nitrogens with two attached hydrogens (primary N) is 1. The molecule has 4 aromatic carbocycles. The molecular weight excluding hydrogens is 1360 g/mol. The van der Waals surface area contributed by atoms with Crippen molar-refractivity contribution in [3.05, 3.63) is 118 Å². The van der Waals surface area contributed by atoms with Gasteiger partial charge in [0.2, 0.25) is 12.6 Å². The van der Waals surface area contributed by atoms with Gasteiger partial charge in [-0.15, -0.1) is 0 Å². The Hall–Kier alpha value is -9.96. The molecule has 4 saturated heterocycles. The number of ether oxygens (including phenoxy) is 11. The number of esters is 1. The monoisotopic (exact) mass is 1430 g/mol. The Balaban J connectivity index is 0.818. The van der Waals surface area contributed by atoms with E-state index in [9.17, 15) is 89.4 Å². The normalized spacial score (nSPS) is 25.9. The molecule has 36 heteroatoms. The molecule has 0 saturated carbocycles. The number of fused-ring (bicyclic) bond motifs is 4. The lowest BCUT2D eigenvalue weighted by molar-refractivity contribution is -0.271. The van der Waals surface area contributed by atoms with E-state index >= 15 is 0 Å². The molecule has 6 heterocycles. The third kappa shape index (κ3) is 15.4. The number of rotatable bonds is 25. The quantitative estimate of drug-likeness (QED) is 0.0134. The number of carboxylic acids is 2. The fourth-order valence-electron chi connectivity index (χ4n) is 12.4. The van der Waals surface area contributed by atoms with Crippen LogP contribution < -0.4 is 49.4 Å². The number of methoxy groups -OCH3 is 3. The van der Waals surface area contributed by atoms with Crippen molar-refractivity contribution in [1.29, 1.82) is 0 Å². The topological polar surface area (TPSA) is 501 Å². The highest BCUT2D eigenvalue weighted by Crippen LogP contribution is 2.45. The predicted octanol–water partition coefficient (Wildman–Crippen LogP) is -0.228. The van der Waals surface area contributed by atoms with Gasteiger partial charge in [0.05, 0.1) is 81.3 Å². The van der Waals surface area contributed by atoms with E-state index in [1.54, 1.807) is 0 Å². The number of aliphatic carboxylic acids is 2. The SMILES string of the molecule is C=C1C[C@H]2C(O)N(C(=O)OCc3ccc(O[C@@H]4O[C@H](C(=O)O)[C@@H](O)[C@H](O)[C@H]4O)c(C(=O)NCCON)c3)c3cc(OCCCCCOc4cc5c(cc4OC)C(=O)N4CC(=C)C[C@H]4C(O)N5C(=O)OCc4ccc(O[C@@H]5O[C@H](C(=O)O)[C@@H](O)[C@H](O)[C@H]5O)c(C(=O)OC)c4)c(OC)cc3C(=O)N2C1. The predicted molar refractivity (Wildman–Crippen MR) is 342 cm³/mol. The van der Waals surface area contributed by atoms with E-state index < -0.39 is 147 Å². The molecule has 550 valence electrons. The molecule has 0 aliphatic carbocycles. The molecule has 102 heavy (non-hydrogen) atoms. The number of anilines is 2. The molecule has 2 unspecified atom stereocenters. The summed E-state index contributed by atoms with van der Waals surface area (Å²) in [6.45, 7) is 6.72. The highest BCUT2D eigenvalue weighted by atomic mass is 16.7. The highest BCUT2D eigenvalue weighted by Gasteiger charge is 2.52. The van der Waals surface area contributed by atoms with Crippen molar-refractivity contribution >= 4 is 59.2 Å². The molecule has 0 bridgehead atoms. The van der Waals surface area contributed by atoms with E-state index in [0.717, 1.165) is 16.9 Å². The zero-order chi connectivity index (χ0) is 73.7. The maximum Gasteiger partial charge on any atom is 0.416 e. The highest BCUT2D eigenvalue weighted by molar-refractivity contribution is 6.07. The Bertz CT molecular complexity index is 3890. The van der Waals surface area contributed by atoms with Gasteiger partial charge in [-0.1, -0.05) is 36.4 Å². The third-order valence-electron chi connectivity index (χ3n) is 17.6. The molecule has 10 rings (SSSR count). The van der Waals surface area contributed by atoms with Crippen LogP contribution in [0.5, 0.6) is 34.5 Å². The van der Waals surface area contributed by atoms with Crippen LogP contribution in [0.15, 0.2) is 85.0 Å². The maximum absolute atomic E-state index is 14.5. The number of aliphatic hydroxyl groups is 8. The average Bonchev–Trinajstić information content (AvgIpc) is 1.59. The second-order valence-electron chi connectivity index (χ2n) is 24.4. The molecule has 0 radical (unpaired) electrons. The minimum absolute atomic E-state index is 0.0185. The van der Waals surface area contributed by atoms with E-state index in [4.69, 9.17) is 58.0 Å². The fourth-order valence-corrected chi connectivity index (χ4v) is 12.4. The molecule has 5 amide bonds. The van der Waals surface area contributed by atoms with E-state index in [1.165, 1.54) is 84.7 Å². The molecule has 0 spiro atoms. The molecule has 36 nitrogen and oxygen atoms in total. The number of amides is 5. The number of carbonyl (C=O) groups excluding carboxylic acids is 6. The first kappa shape index (κ1) is 74.7. The van der Waals surface area contributed by atoms with Crippen LogP contribution in [0.4, 0.5) is 21.0 Å². The zero-order valence-corrected chi connectivity index (χ0v) is 55.0. The summed E-state index contributed by atoms with van der Waals surface area (Å²) in [5, 5.41) is 108. The van der Waals surface area contributed by atoms with E-state index in [2.05, 4.69) is 23.3 Å². The molecular formula is C66H76N6O30. The second kappa shape index (κ2) is 31.9. The van der Waals surface area contributed by atoms with Crippen molar-refractivity contribution < 1.29 is 146 Å². The van der Waals surface area contributed by atoms with Gasteiger partial charge in [0.1, 0.15) is 66.9 Å². The van der Waals surface area contributed by atoms with Crippen molar-refractivity contribution in [2.75, 3.05) is 70.6 Å². The van der Waals surface area contributed by atoms with Crippen LogP contribution in [0.1, 0.15) is 84.7 Å². The first-order valence-corrected chi connectivity index (χ1v) is 31.8. The van der Waals surface area contributed by atoms with Crippen molar-refractivity contribution in [3.8, 4) is 34.5 Å².